The predicted octanol–water partition coefficient (Wildman–Crippen LogP) is 3.56. The van der Waals surface area contributed by atoms with Gasteiger partial charge in [-0.05, 0) is 42.3 Å². The highest BCUT2D eigenvalue weighted by Gasteiger charge is 2.13. The fourth-order valence-corrected chi connectivity index (χ4v) is 2.68. The fourth-order valence-electron chi connectivity index (χ4n) is 2.38. The molecule has 0 fully saturated rings. The summed E-state index contributed by atoms with van der Waals surface area (Å²) in [6, 6.07) is 13.4. The number of amides is 1. The summed E-state index contributed by atoms with van der Waals surface area (Å²) in [5.41, 5.74) is 1.88. The normalized spacial score (nSPS) is 11.7. The lowest BCUT2D eigenvalue weighted by molar-refractivity contribution is -0.144. The number of nitrogens with one attached hydrogen (secondary N) is 1. The van der Waals surface area contributed by atoms with Gasteiger partial charge in [0.1, 0.15) is 0 Å². The summed E-state index contributed by atoms with van der Waals surface area (Å²) in [5.74, 6) is -1.53. The highest BCUT2D eigenvalue weighted by atomic mass is 35.5. The van der Waals surface area contributed by atoms with Gasteiger partial charge in [-0.2, -0.15) is 0 Å². The summed E-state index contributed by atoms with van der Waals surface area (Å²) < 4.78 is 9.54. The molecule has 0 aliphatic heterocycles. The zero-order valence-electron chi connectivity index (χ0n) is 15.5. The Labute approximate surface area is 168 Å². The quantitative estimate of drug-likeness (QED) is 0.566. The summed E-state index contributed by atoms with van der Waals surface area (Å²) in [6.45, 7) is 1.39. The maximum absolute atomic E-state index is 11.9. The van der Waals surface area contributed by atoms with Crippen LogP contribution in [0.15, 0.2) is 54.6 Å². The van der Waals surface area contributed by atoms with E-state index in [4.69, 9.17) is 16.3 Å². The molecule has 0 saturated carbocycles. The minimum absolute atomic E-state index is 0.316. The van der Waals surface area contributed by atoms with Gasteiger partial charge in [-0.3, -0.25) is 4.79 Å². The largest absolute Gasteiger partial charge is 0.465 e. The van der Waals surface area contributed by atoms with Crippen LogP contribution in [0.1, 0.15) is 34.5 Å². The van der Waals surface area contributed by atoms with Crippen molar-refractivity contribution in [2.45, 2.75) is 13.0 Å². The number of carbonyl (C=O) groups is 3. The van der Waals surface area contributed by atoms with Crippen LogP contribution in [0.25, 0.3) is 6.08 Å². The topological polar surface area (TPSA) is 81.7 Å². The van der Waals surface area contributed by atoms with E-state index in [1.54, 1.807) is 43.3 Å². The Hall–Kier alpha value is -3.12. The predicted molar refractivity (Wildman–Crippen MR) is 106 cm³/mol. The molecule has 2 aromatic rings. The number of hydrogen-bond acceptors (Lipinski definition) is 5. The molecular weight excluding hydrogens is 382 g/mol. The average molecular weight is 402 g/mol. The second-order valence-corrected chi connectivity index (χ2v) is 6.27. The monoisotopic (exact) mass is 401 g/mol. The summed E-state index contributed by atoms with van der Waals surface area (Å²) in [5, 5.41) is 3.27. The number of hydrogen-bond donors (Lipinski definition) is 1. The maximum Gasteiger partial charge on any atom is 0.337 e. The Bertz CT molecular complexity index is 877. The van der Waals surface area contributed by atoms with Crippen molar-refractivity contribution in [3.63, 3.8) is 0 Å². The Morgan fingerprint density at radius 3 is 2.43 bits per heavy atom. The second kappa shape index (κ2) is 10.3. The van der Waals surface area contributed by atoms with E-state index in [0.29, 0.717) is 16.1 Å². The van der Waals surface area contributed by atoms with E-state index >= 15 is 0 Å². The molecule has 0 aliphatic rings. The molecule has 0 aliphatic carbocycles. The van der Waals surface area contributed by atoms with Crippen LogP contribution < -0.4 is 5.32 Å². The average Bonchev–Trinajstić information content (AvgIpc) is 2.70. The van der Waals surface area contributed by atoms with E-state index in [9.17, 15) is 14.4 Å². The zero-order chi connectivity index (χ0) is 20.5. The molecular formula is C21H20ClNO5. The molecule has 2 rings (SSSR count). The van der Waals surface area contributed by atoms with E-state index in [0.717, 1.165) is 5.56 Å². The van der Waals surface area contributed by atoms with Crippen LogP contribution in [0.4, 0.5) is 0 Å². The molecule has 0 radical (unpaired) electrons. The number of carbonyl (C=O) groups excluding carboxylic acids is 3. The smallest absolute Gasteiger partial charge is 0.337 e. The first-order chi connectivity index (χ1) is 13.4. The molecule has 0 unspecified atom stereocenters. The van der Waals surface area contributed by atoms with Crippen molar-refractivity contribution in [3.05, 3.63) is 76.3 Å². The van der Waals surface area contributed by atoms with Crippen molar-refractivity contribution >= 4 is 35.5 Å². The summed E-state index contributed by atoms with van der Waals surface area (Å²) in [4.78, 5) is 35.1. The molecule has 1 atom stereocenters. The molecule has 0 spiro atoms. The van der Waals surface area contributed by atoms with Crippen LogP contribution in [0.3, 0.4) is 0 Å². The Balaban J connectivity index is 1.81. The minimum Gasteiger partial charge on any atom is -0.465 e. The number of esters is 2. The van der Waals surface area contributed by atoms with Crippen LogP contribution in [0.2, 0.25) is 5.02 Å². The van der Waals surface area contributed by atoms with Gasteiger partial charge in [0.15, 0.2) is 6.61 Å². The third-order valence-electron chi connectivity index (χ3n) is 3.84. The van der Waals surface area contributed by atoms with Gasteiger partial charge in [-0.25, -0.2) is 9.59 Å². The first kappa shape index (κ1) is 21.2. The zero-order valence-corrected chi connectivity index (χ0v) is 16.2. The van der Waals surface area contributed by atoms with E-state index in [1.165, 1.54) is 19.3 Å². The lowest BCUT2D eigenvalue weighted by Crippen LogP contribution is -2.31. The molecule has 2 aromatic carbocycles. The van der Waals surface area contributed by atoms with Gasteiger partial charge in [0.2, 0.25) is 0 Å². The molecule has 146 valence electrons. The van der Waals surface area contributed by atoms with Gasteiger partial charge in [0, 0.05) is 11.1 Å². The first-order valence-electron chi connectivity index (χ1n) is 8.47. The molecule has 0 aromatic heterocycles. The SMILES string of the molecule is COC(=O)c1ccc(/C=C/C(=O)OCC(=O)N[C@H](C)c2ccccc2Cl)cc1. The van der Waals surface area contributed by atoms with Crippen molar-refractivity contribution in [3.8, 4) is 0 Å². The molecule has 28 heavy (non-hydrogen) atoms. The first-order valence-corrected chi connectivity index (χ1v) is 8.85. The molecule has 1 amide bonds. The molecule has 1 N–H and O–H groups in total. The van der Waals surface area contributed by atoms with E-state index < -0.39 is 24.5 Å². The molecule has 0 bridgehead atoms. The number of ether oxygens (including phenoxy) is 2. The van der Waals surface area contributed by atoms with Crippen LogP contribution in [0.5, 0.6) is 0 Å². The Morgan fingerprint density at radius 1 is 1.11 bits per heavy atom. The van der Waals surface area contributed by atoms with Crippen molar-refractivity contribution in [1.82, 2.24) is 5.32 Å². The van der Waals surface area contributed by atoms with Crippen molar-refractivity contribution in [1.29, 1.82) is 0 Å². The highest BCUT2D eigenvalue weighted by Crippen LogP contribution is 2.21. The highest BCUT2D eigenvalue weighted by molar-refractivity contribution is 6.31. The maximum atomic E-state index is 11.9. The summed E-state index contributed by atoms with van der Waals surface area (Å²) in [7, 11) is 1.30. The lowest BCUT2D eigenvalue weighted by atomic mass is 10.1. The second-order valence-electron chi connectivity index (χ2n) is 5.87. The number of halogens is 1. The third kappa shape index (κ3) is 6.25. The summed E-state index contributed by atoms with van der Waals surface area (Å²) >= 11 is 6.09. The van der Waals surface area contributed by atoms with Crippen molar-refractivity contribution in [2.24, 2.45) is 0 Å². The van der Waals surface area contributed by atoms with Gasteiger partial charge in [-0.1, -0.05) is 41.9 Å². The van der Waals surface area contributed by atoms with E-state index in [2.05, 4.69) is 10.1 Å². The van der Waals surface area contributed by atoms with Gasteiger partial charge in [-0.15, -0.1) is 0 Å². The third-order valence-corrected chi connectivity index (χ3v) is 4.18. The molecule has 7 heteroatoms. The minimum atomic E-state index is -0.655. The fraction of sp³-hybridized carbons (Fsp3) is 0.190. The van der Waals surface area contributed by atoms with Crippen LogP contribution in [-0.2, 0) is 19.1 Å². The molecule has 0 saturated heterocycles. The van der Waals surface area contributed by atoms with Crippen molar-refractivity contribution < 1.29 is 23.9 Å². The Morgan fingerprint density at radius 2 is 1.79 bits per heavy atom. The lowest BCUT2D eigenvalue weighted by Gasteiger charge is -2.15. The Kier molecular flexibility index (Phi) is 7.77. The van der Waals surface area contributed by atoms with Crippen LogP contribution in [0, 0.1) is 0 Å². The molecule has 6 nitrogen and oxygen atoms in total. The molecule has 0 heterocycles. The van der Waals surface area contributed by atoms with E-state index in [1.807, 2.05) is 12.1 Å². The standard InChI is InChI=1S/C21H20ClNO5/c1-14(17-5-3-4-6-18(17)22)23-19(24)13-28-20(25)12-9-15-7-10-16(11-8-15)21(26)27-2/h3-12,14H,13H2,1-2H3,(H,23,24)/b12-9+/t14-/m1/s1. The van der Waals surface area contributed by atoms with Crippen molar-refractivity contribution in [2.75, 3.05) is 13.7 Å². The van der Waals surface area contributed by atoms with Crippen LogP contribution in [-0.4, -0.2) is 31.6 Å². The van der Waals surface area contributed by atoms with Gasteiger partial charge in [0.05, 0.1) is 18.7 Å². The summed E-state index contributed by atoms with van der Waals surface area (Å²) in [6.07, 6.45) is 2.73. The number of methoxy groups -OCH3 is 1. The van der Waals surface area contributed by atoms with Gasteiger partial charge < -0.3 is 14.8 Å². The number of benzene rings is 2. The van der Waals surface area contributed by atoms with Gasteiger partial charge >= 0.3 is 11.9 Å². The van der Waals surface area contributed by atoms with Crippen LogP contribution >= 0.6 is 11.6 Å². The number of rotatable bonds is 7. The van der Waals surface area contributed by atoms with E-state index in [-0.39, 0.29) is 6.04 Å². The van der Waals surface area contributed by atoms with Gasteiger partial charge in [0.25, 0.3) is 5.91 Å².